The molecule has 2 heteroatoms. The summed E-state index contributed by atoms with van der Waals surface area (Å²) < 4.78 is 11.2. The molecule has 0 aliphatic heterocycles. The summed E-state index contributed by atoms with van der Waals surface area (Å²) in [5.74, 6) is 2.45. The van der Waals surface area contributed by atoms with Crippen molar-refractivity contribution in [3.05, 3.63) is 65.8 Å². The molecular formula is C16H18O2. The lowest BCUT2D eigenvalue weighted by molar-refractivity contribution is 0.298. The zero-order valence-corrected chi connectivity index (χ0v) is 10.8. The van der Waals surface area contributed by atoms with E-state index in [2.05, 4.69) is 19.1 Å². The zero-order valence-electron chi connectivity index (χ0n) is 10.8. The molecule has 0 N–H and O–H groups in total. The van der Waals surface area contributed by atoms with Gasteiger partial charge in [-0.2, -0.15) is 0 Å². The first kappa shape index (κ1) is 12.5. The molecule has 1 aliphatic rings. The van der Waals surface area contributed by atoms with E-state index >= 15 is 0 Å². The standard InChI is InChI=1S/C16H18O2/c1-13-8-10-15(11-9-13)17-12-14(2)18-16-6-4-3-5-7-16/h4,6-12H,3,5H2,1-2H3/b14-12-. The highest BCUT2D eigenvalue weighted by atomic mass is 16.5. The van der Waals surface area contributed by atoms with Crippen molar-refractivity contribution < 1.29 is 9.47 Å². The van der Waals surface area contributed by atoms with Crippen molar-refractivity contribution in [2.24, 2.45) is 0 Å². The molecule has 94 valence electrons. The normalized spacial score (nSPS) is 15.2. The summed E-state index contributed by atoms with van der Waals surface area (Å²) in [5.41, 5.74) is 1.22. The molecule has 0 unspecified atom stereocenters. The van der Waals surface area contributed by atoms with Crippen LogP contribution in [0.5, 0.6) is 5.75 Å². The fourth-order valence-electron chi connectivity index (χ4n) is 1.64. The Balaban J connectivity index is 1.90. The second-order valence-corrected chi connectivity index (χ2v) is 4.35. The Kier molecular flexibility index (Phi) is 4.24. The number of hydrogen-bond donors (Lipinski definition) is 0. The van der Waals surface area contributed by atoms with Gasteiger partial charge in [0, 0.05) is 0 Å². The predicted molar refractivity (Wildman–Crippen MR) is 73.1 cm³/mol. The monoisotopic (exact) mass is 242 g/mol. The summed E-state index contributed by atoms with van der Waals surface area (Å²) >= 11 is 0. The Labute approximate surface area is 108 Å². The molecule has 1 aromatic rings. The highest BCUT2D eigenvalue weighted by Crippen LogP contribution is 2.16. The van der Waals surface area contributed by atoms with Gasteiger partial charge in [0.05, 0.1) is 0 Å². The van der Waals surface area contributed by atoms with E-state index in [1.54, 1.807) is 6.26 Å². The van der Waals surface area contributed by atoms with Crippen molar-refractivity contribution in [3.8, 4) is 5.75 Å². The second-order valence-electron chi connectivity index (χ2n) is 4.35. The van der Waals surface area contributed by atoms with E-state index in [-0.39, 0.29) is 0 Å². The number of ether oxygens (including phenoxy) is 2. The van der Waals surface area contributed by atoms with Crippen LogP contribution < -0.4 is 4.74 Å². The maximum absolute atomic E-state index is 5.65. The molecule has 0 aromatic heterocycles. The van der Waals surface area contributed by atoms with E-state index in [9.17, 15) is 0 Å². The van der Waals surface area contributed by atoms with E-state index in [1.807, 2.05) is 37.3 Å². The molecule has 1 aliphatic carbocycles. The quantitative estimate of drug-likeness (QED) is 0.724. The van der Waals surface area contributed by atoms with E-state index in [1.165, 1.54) is 5.56 Å². The van der Waals surface area contributed by atoms with Gasteiger partial charge in [-0.15, -0.1) is 0 Å². The van der Waals surface area contributed by atoms with Gasteiger partial charge >= 0.3 is 0 Å². The molecular weight excluding hydrogens is 224 g/mol. The fourth-order valence-corrected chi connectivity index (χ4v) is 1.64. The first-order valence-corrected chi connectivity index (χ1v) is 6.19. The molecule has 2 nitrogen and oxygen atoms in total. The lowest BCUT2D eigenvalue weighted by Gasteiger charge is -2.09. The van der Waals surface area contributed by atoms with Crippen LogP contribution in [0, 0.1) is 6.92 Å². The molecule has 1 aromatic carbocycles. The molecule has 18 heavy (non-hydrogen) atoms. The summed E-state index contributed by atoms with van der Waals surface area (Å²) in [6.45, 7) is 3.94. The van der Waals surface area contributed by atoms with Crippen LogP contribution in [0.1, 0.15) is 25.3 Å². The molecule has 0 heterocycles. The SMILES string of the molecule is C/C(=C/Oc1ccc(C)cc1)OC1=CCCC=C1. The van der Waals surface area contributed by atoms with Crippen LogP contribution in [0.3, 0.4) is 0 Å². The summed E-state index contributed by atoms with van der Waals surface area (Å²) in [4.78, 5) is 0. The molecule has 0 spiro atoms. The summed E-state index contributed by atoms with van der Waals surface area (Å²) in [5, 5.41) is 0. The smallest absolute Gasteiger partial charge is 0.136 e. The van der Waals surface area contributed by atoms with E-state index < -0.39 is 0 Å². The number of allylic oxidation sites excluding steroid dienone is 4. The third-order valence-electron chi connectivity index (χ3n) is 2.62. The topological polar surface area (TPSA) is 18.5 Å². The predicted octanol–water partition coefficient (Wildman–Crippen LogP) is 4.49. The molecule has 0 bridgehead atoms. The van der Waals surface area contributed by atoms with Crippen LogP contribution in [0.4, 0.5) is 0 Å². The van der Waals surface area contributed by atoms with Crippen LogP contribution in [0.15, 0.2) is 60.3 Å². The van der Waals surface area contributed by atoms with Gasteiger partial charge in [-0.3, -0.25) is 0 Å². The van der Waals surface area contributed by atoms with Crippen molar-refractivity contribution in [1.29, 1.82) is 0 Å². The summed E-state index contributed by atoms with van der Waals surface area (Å²) in [6.07, 6.45) is 9.96. The highest BCUT2D eigenvalue weighted by Gasteiger charge is 2.00. The zero-order chi connectivity index (χ0) is 12.8. The van der Waals surface area contributed by atoms with Crippen LogP contribution in [0.25, 0.3) is 0 Å². The Morgan fingerprint density at radius 3 is 2.61 bits per heavy atom. The maximum atomic E-state index is 5.65. The molecule has 0 saturated carbocycles. The number of hydrogen-bond acceptors (Lipinski definition) is 2. The number of aryl methyl sites for hydroxylation is 1. The average molecular weight is 242 g/mol. The van der Waals surface area contributed by atoms with Crippen molar-refractivity contribution in [3.63, 3.8) is 0 Å². The Bertz CT molecular complexity index is 478. The molecule has 2 rings (SSSR count). The Hall–Kier alpha value is -1.96. The first-order chi connectivity index (χ1) is 8.74. The van der Waals surface area contributed by atoms with Crippen LogP contribution in [-0.2, 0) is 4.74 Å². The third-order valence-corrected chi connectivity index (χ3v) is 2.62. The maximum Gasteiger partial charge on any atom is 0.136 e. The Morgan fingerprint density at radius 1 is 1.17 bits per heavy atom. The Morgan fingerprint density at radius 2 is 1.94 bits per heavy atom. The van der Waals surface area contributed by atoms with Gasteiger partial charge in [-0.1, -0.05) is 23.8 Å². The van der Waals surface area contributed by atoms with Gasteiger partial charge in [0.25, 0.3) is 0 Å². The molecule has 0 radical (unpaired) electrons. The minimum Gasteiger partial charge on any atom is -0.461 e. The van der Waals surface area contributed by atoms with Gasteiger partial charge in [-0.05, 0) is 51.0 Å². The van der Waals surface area contributed by atoms with Crippen molar-refractivity contribution >= 4 is 0 Å². The van der Waals surface area contributed by atoms with Gasteiger partial charge in [-0.25, -0.2) is 0 Å². The minimum atomic E-state index is 0.744. The van der Waals surface area contributed by atoms with Crippen molar-refractivity contribution in [1.82, 2.24) is 0 Å². The van der Waals surface area contributed by atoms with Gasteiger partial charge in [0.2, 0.25) is 0 Å². The summed E-state index contributed by atoms with van der Waals surface area (Å²) in [7, 11) is 0. The number of benzene rings is 1. The lowest BCUT2D eigenvalue weighted by Crippen LogP contribution is -1.93. The average Bonchev–Trinajstić information content (AvgIpc) is 2.39. The minimum absolute atomic E-state index is 0.744. The molecule has 0 atom stereocenters. The van der Waals surface area contributed by atoms with E-state index in [0.29, 0.717) is 0 Å². The van der Waals surface area contributed by atoms with Gasteiger partial charge in [0.15, 0.2) is 0 Å². The van der Waals surface area contributed by atoms with E-state index in [0.717, 1.165) is 30.1 Å². The van der Waals surface area contributed by atoms with Crippen LogP contribution in [0.2, 0.25) is 0 Å². The van der Waals surface area contributed by atoms with Gasteiger partial charge < -0.3 is 9.47 Å². The lowest BCUT2D eigenvalue weighted by atomic mass is 10.2. The third kappa shape index (κ3) is 3.81. The molecule has 0 amide bonds. The summed E-state index contributed by atoms with van der Waals surface area (Å²) in [6, 6.07) is 7.93. The first-order valence-electron chi connectivity index (χ1n) is 6.19. The highest BCUT2D eigenvalue weighted by molar-refractivity contribution is 5.27. The van der Waals surface area contributed by atoms with Crippen LogP contribution in [-0.4, -0.2) is 0 Å². The molecule has 0 fully saturated rings. The fraction of sp³-hybridized carbons (Fsp3) is 0.250. The van der Waals surface area contributed by atoms with E-state index in [4.69, 9.17) is 9.47 Å². The van der Waals surface area contributed by atoms with Crippen molar-refractivity contribution in [2.45, 2.75) is 26.7 Å². The van der Waals surface area contributed by atoms with Gasteiger partial charge in [0.1, 0.15) is 23.5 Å². The largest absolute Gasteiger partial charge is 0.461 e. The van der Waals surface area contributed by atoms with Crippen LogP contribution >= 0.6 is 0 Å². The number of rotatable bonds is 4. The second kappa shape index (κ2) is 6.10. The molecule has 0 saturated heterocycles. The van der Waals surface area contributed by atoms with Crippen molar-refractivity contribution in [2.75, 3.05) is 0 Å².